The lowest BCUT2D eigenvalue weighted by Crippen LogP contribution is -2.17. The first-order chi connectivity index (χ1) is 8.24. The molecule has 0 aliphatic heterocycles. The van der Waals surface area contributed by atoms with E-state index in [-0.39, 0.29) is 5.75 Å². The largest absolute Gasteiger partial charge is 0.506 e. The van der Waals surface area contributed by atoms with Gasteiger partial charge in [0.05, 0.1) is 22.6 Å². The minimum Gasteiger partial charge on any atom is -0.506 e. The summed E-state index contributed by atoms with van der Waals surface area (Å²) in [6.45, 7) is 3.61. The Hall–Kier alpha value is -1.46. The van der Waals surface area contributed by atoms with Gasteiger partial charge in [0.2, 0.25) is 0 Å². The minimum atomic E-state index is 0.201. The van der Waals surface area contributed by atoms with Crippen molar-refractivity contribution in [2.45, 2.75) is 19.9 Å². The highest BCUT2D eigenvalue weighted by Gasteiger charge is 1.98. The van der Waals surface area contributed by atoms with Crippen LogP contribution in [-0.2, 0) is 13.0 Å². The molecule has 4 nitrogen and oxygen atoms in total. The molecule has 0 bridgehead atoms. The second-order valence-corrected chi connectivity index (χ2v) is 4.85. The fourth-order valence-electron chi connectivity index (χ4n) is 1.48. The van der Waals surface area contributed by atoms with Crippen LogP contribution in [-0.4, -0.2) is 21.6 Å². The van der Waals surface area contributed by atoms with E-state index in [1.165, 1.54) is 6.20 Å². The molecule has 2 aromatic heterocycles. The Morgan fingerprint density at radius 2 is 2.24 bits per heavy atom. The normalized spacial score (nSPS) is 10.6. The standard InChI is InChI=1S/C12H15N3OS/c1-9-15-11(8-17-9)4-5-13-6-10-2-3-12(16)7-14-10/h2-3,7-8,13,16H,4-6H2,1H3. The van der Waals surface area contributed by atoms with E-state index in [4.69, 9.17) is 5.11 Å². The van der Waals surface area contributed by atoms with Crippen LogP contribution in [0.25, 0.3) is 0 Å². The smallest absolute Gasteiger partial charge is 0.133 e. The summed E-state index contributed by atoms with van der Waals surface area (Å²) in [5, 5.41) is 15.6. The van der Waals surface area contributed by atoms with Crippen LogP contribution in [0, 0.1) is 6.92 Å². The zero-order chi connectivity index (χ0) is 12.1. The zero-order valence-electron chi connectivity index (χ0n) is 9.68. The van der Waals surface area contributed by atoms with Gasteiger partial charge >= 0.3 is 0 Å². The summed E-state index contributed by atoms with van der Waals surface area (Å²) in [6, 6.07) is 3.46. The summed E-state index contributed by atoms with van der Waals surface area (Å²) in [4.78, 5) is 8.50. The average Bonchev–Trinajstić information content (AvgIpc) is 2.73. The van der Waals surface area contributed by atoms with Crippen molar-refractivity contribution in [3.8, 4) is 5.75 Å². The topological polar surface area (TPSA) is 58.0 Å². The Morgan fingerprint density at radius 3 is 2.88 bits per heavy atom. The van der Waals surface area contributed by atoms with Gasteiger partial charge in [-0.15, -0.1) is 11.3 Å². The summed E-state index contributed by atoms with van der Waals surface area (Å²) in [7, 11) is 0. The third kappa shape index (κ3) is 3.80. The van der Waals surface area contributed by atoms with Gasteiger partial charge in [0.1, 0.15) is 5.75 Å². The molecule has 0 unspecified atom stereocenters. The van der Waals surface area contributed by atoms with Crippen molar-refractivity contribution < 1.29 is 5.11 Å². The van der Waals surface area contributed by atoms with E-state index in [0.29, 0.717) is 6.54 Å². The molecule has 2 heterocycles. The lowest BCUT2D eigenvalue weighted by atomic mass is 10.3. The van der Waals surface area contributed by atoms with Crippen molar-refractivity contribution in [3.63, 3.8) is 0 Å². The molecule has 5 heteroatoms. The highest BCUT2D eigenvalue weighted by Crippen LogP contribution is 2.08. The molecule has 0 amide bonds. The Labute approximate surface area is 104 Å². The van der Waals surface area contributed by atoms with Crippen LogP contribution >= 0.6 is 11.3 Å². The molecule has 0 atom stereocenters. The van der Waals surface area contributed by atoms with E-state index in [0.717, 1.165) is 29.4 Å². The first-order valence-corrected chi connectivity index (χ1v) is 6.37. The van der Waals surface area contributed by atoms with Gasteiger partial charge in [-0.2, -0.15) is 0 Å². The maximum absolute atomic E-state index is 9.09. The number of nitrogens with zero attached hydrogens (tertiary/aromatic N) is 2. The molecule has 2 aromatic rings. The van der Waals surface area contributed by atoms with Crippen LogP contribution in [0.3, 0.4) is 0 Å². The van der Waals surface area contributed by atoms with Crippen LogP contribution in [0.5, 0.6) is 5.75 Å². The second kappa shape index (κ2) is 5.75. The molecular formula is C12H15N3OS. The first-order valence-electron chi connectivity index (χ1n) is 5.49. The van der Waals surface area contributed by atoms with Gasteiger partial charge in [-0.3, -0.25) is 4.98 Å². The zero-order valence-corrected chi connectivity index (χ0v) is 10.5. The number of thiazole rings is 1. The van der Waals surface area contributed by atoms with Crippen molar-refractivity contribution in [2.24, 2.45) is 0 Å². The quantitative estimate of drug-likeness (QED) is 0.794. The summed E-state index contributed by atoms with van der Waals surface area (Å²) >= 11 is 1.68. The Morgan fingerprint density at radius 1 is 1.35 bits per heavy atom. The number of aryl methyl sites for hydroxylation is 1. The third-order valence-corrected chi connectivity index (χ3v) is 3.16. The fourth-order valence-corrected chi connectivity index (χ4v) is 2.12. The van der Waals surface area contributed by atoms with E-state index >= 15 is 0 Å². The predicted octanol–water partition coefficient (Wildman–Crippen LogP) is 1.88. The molecule has 0 saturated carbocycles. The van der Waals surface area contributed by atoms with E-state index in [1.807, 2.05) is 13.0 Å². The molecule has 0 fully saturated rings. The summed E-state index contributed by atoms with van der Waals surface area (Å²) in [6.07, 6.45) is 2.39. The Kier molecular flexibility index (Phi) is 4.06. The van der Waals surface area contributed by atoms with Crippen LogP contribution in [0.4, 0.5) is 0 Å². The molecule has 0 saturated heterocycles. The predicted molar refractivity (Wildman–Crippen MR) is 68.2 cm³/mol. The van der Waals surface area contributed by atoms with Gasteiger partial charge in [-0.1, -0.05) is 0 Å². The fraction of sp³-hybridized carbons (Fsp3) is 0.333. The summed E-state index contributed by atoms with van der Waals surface area (Å²) in [5.74, 6) is 0.201. The third-order valence-electron chi connectivity index (χ3n) is 2.34. The number of hydrogen-bond donors (Lipinski definition) is 2. The maximum atomic E-state index is 9.09. The lowest BCUT2D eigenvalue weighted by molar-refractivity contribution is 0.471. The number of hydrogen-bond acceptors (Lipinski definition) is 5. The van der Waals surface area contributed by atoms with Gasteiger partial charge in [-0.25, -0.2) is 4.98 Å². The number of nitrogens with one attached hydrogen (secondary N) is 1. The number of rotatable bonds is 5. The molecule has 0 aromatic carbocycles. The summed E-state index contributed by atoms with van der Waals surface area (Å²) < 4.78 is 0. The SMILES string of the molecule is Cc1nc(CCNCc2ccc(O)cn2)cs1. The van der Waals surface area contributed by atoms with E-state index in [1.54, 1.807) is 17.4 Å². The number of aromatic hydroxyl groups is 1. The van der Waals surface area contributed by atoms with Crippen LogP contribution in [0.15, 0.2) is 23.7 Å². The minimum absolute atomic E-state index is 0.201. The Balaban J connectivity index is 1.71. The molecular weight excluding hydrogens is 234 g/mol. The van der Waals surface area contributed by atoms with Crippen molar-refractivity contribution in [1.82, 2.24) is 15.3 Å². The van der Waals surface area contributed by atoms with Crippen LogP contribution in [0.2, 0.25) is 0 Å². The monoisotopic (exact) mass is 249 g/mol. The molecule has 0 aliphatic rings. The average molecular weight is 249 g/mol. The van der Waals surface area contributed by atoms with Crippen molar-refractivity contribution in [3.05, 3.63) is 40.1 Å². The maximum Gasteiger partial charge on any atom is 0.133 e. The van der Waals surface area contributed by atoms with Crippen molar-refractivity contribution in [1.29, 1.82) is 0 Å². The summed E-state index contributed by atoms with van der Waals surface area (Å²) in [5.41, 5.74) is 2.07. The molecule has 2 rings (SSSR count). The van der Waals surface area contributed by atoms with Gasteiger partial charge in [0.15, 0.2) is 0 Å². The lowest BCUT2D eigenvalue weighted by Gasteiger charge is -2.03. The van der Waals surface area contributed by atoms with E-state index < -0.39 is 0 Å². The molecule has 17 heavy (non-hydrogen) atoms. The molecule has 0 aliphatic carbocycles. The van der Waals surface area contributed by atoms with E-state index in [2.05, 4.69) is 20.7 Å². The van der Waals surface area contributed by atoms with Crippen molar-refractivity contribution in [2.75, 3.05) is 6.54 Å². The number of aromatic nitrogens is 2. The first kappa shape index (κ1) is 12.0. The van der Waals surface area contributed by atoms with Gasteiger partial charge in [-0.05, 0) is 19.1 Å². The van der Waals surface area contributed by atoms with Crippen molar-refractivity contribution >= 4 is 11.3 Å². The molecule has 0 radical (unpaired) electrons. The Bertz CT molecular complexity index is 467. The second-order valence-electron chi connectivity index (χ2n) is 3.79. The molecule has 0 spiro atoms. The number of pyridine rings is 1. The van der Waals surface area contributed by atoms with Gasteiger partial charge < -0.3 is 10.4 Å². The highest BCUT2D eigenvalue weighted by molar-refractivity contribution is 7.09. The van der Waals surface area contributed by atoms with Crippen LogP contribution < -0.4 is 5.32 Å². The highest BCUT2D eigenvalue weighted by atomic mass is 32.1. The van der Waals surface area contributed by atoms with Gasteiger partial charge in [0, 0.05) is 24.9 Å². The van der Waals surface area contributed by atoms with E-state index in [9.17, 15) is 0 Å². The van der Waals surface area contributed by atoms with Crippen LogP contribution in [0.1, 0.15) is 16.4 Å². The molecule has 90 valence electrons. The van der Waals surface area contributed by atoms with Gasteiger partial charge in [0.25, 0.3) is 0 Å². The molecule has 2 N–H and O–H groups in total.